The Hall–Kier alpha value is -3.66. The number of hydrogen-bond acceptors (Lipinski definition) is 5. The maximum Gasteiger partial charge on any atom is 0.416 e. The van der Waals surface area contributed by atoms with Crippen LogP contribution in [0.15, 0.2) is 54.7 Å². The van der Waals surface area contributed by atoms with Crippen LogP contribution in [-0.4, -0.2) is 35.7 Å². The molecule has 0 unspecified atom stereocenters. The molecule has 0 spiro atoms. The molecule has 33 heavy (non-hydrogen) atoms. The van der Waals surface area contributed by atoms with E-state index in [1.807, 2.05) is 6.07 Å². The number of nitrogens with one attached hydrogen (secondary N) is 1. The fourth-order valence-corrected chi connectivity index (χ4v) is 3.64. The lowest BCUT2D eigenvalue weighted by Gasteiger charge is -2.22. The topological polar surface area (TPSA) is 74.7 Å². The number of fused-ring (bicyclic) bond motifs is 1. The van der Waals surface area contributed by atoms with Gasteiger partial charge in [0, 0.05) is 36.1 Å². The molecule has 0 radical (unpaired) electrons. The summed E-state index contributed by atoms with van der Waals surface area (Å²) in [6.07, 6.45) is -2.76. The first kappa shape index (κ1) is 22.5. The minimum atomic E-state index is -4.74. The Labute approximate surface area is 186 Å². The van der Waals surface area contributed by atoms with Gasteiger partial charge >= 0.3 is 6.18 Å². The highest BCUT2D eigenvalue weighted by Crippen LogP contribution is 2.34. The zero-order valence-electron chi connectivity index (χ0n) is 17.2. The number of pyridine rings is 1. The van der Waals surface area contributed by atoms with Crippen LogP contribution in [0, 0.1) is 5.82 Å². The fourth-order valence-electron chi connectivity index (χ4n) is 3.64. The smallest absolute Gasteiger partial charge is 0.416 e. The SMILES string of the molecule is O=C(c1cccc2c1CCN2)N(CCO)c1cc(Oc2cc(F)cc(C(F)(F)F)c2)ccn1. The summed E-state index contributed by atoms with van der Waals surface area (Å²) in [6, 6.07) is 9.89. The third-order valence-corrected chi connectivity index (χ3v) is 5.09. The van der Waals surface area contributed by atoms with Gasteiger partial charge in [-0.05, 0) is 42.3 Å². The normalized spacial score (nSPS) is 12.8. The number of aliphatic hydroxyl groups is 1. The molecule has 3 aromatic rings. The van der Waals surface area contributed by atoms with Crippen LogP contribution in [0.5, 0.6) is 11.5 Å². The predicted molar refractivity (Wildman–Crippen MR) is 113 cm³/mol. The summed E-state index contributed by atoms with van der Waals surface area (Å²) in [6.45, 7) is 0.296. The summed E-state index contributed by atoms with van der Waals surface area (Å²) in [7, 11) is 0. The van der Waals surface area contributed by atoms with Crippen molar-refractivity contribution in [3.05, 3.63) is 77.2 Å². The van der Waals surface area contributed by atoms with Crippen molar-refractivity contribution in [2.24, 2.45) is 0 Å². The number of carbonyl (C=O) groups is 1. The summed E-state index contributed by atoms with van der Waals surface area (Å²) in [4.78, 5) is 18.7. The molecule has 1 amide bonds. The molecule has 1 aliphatic rings. The molecule has 6 nitrogen and oxygen atoms in total. The van der Waals surface area contributed by atoms with E-state index < -0.39 is 17.6 Å². The van der Waals surface area contributed by atoms with Crippen molar-refractivity contribution in [1.82, 2.24) is 4.98 Å². The van der Waals surface area contributed by atoms with Gasteiger partial charge in [0.05, 0.1) is 18.7 Å². The lowest BCUT2D eigenvalue weighted by atomic mass is 10.0. The Morgan fingerprint density at radius 3 is 2.73 bits per heavy atom. The second kappa shape index (κ2) is 9.07. The van der Waals surface area contributed by atoms with E-state index in [1.54, 1.807) is 12.1 Å². The van der Waals surface area contributed by atoms with Crippen molar-refractivity contribution in [3.63, 3.8) is 0 Å². The predicted octanol–water partition coefficient (Wildman–Crippen LogP) is 4.64. The van der Waals surface area contributed by atoms with E-state index in [4.69, 9.17) is 4.74 Å². The molecule has 1 aromatic heterocycles. The van der Waals surface area contributed by atoms with E-state index in [1.165, 1.54) is 23.2 Å². The fraction of sp³-hybridized carbons (Fsp3) is 0.217. The van der Waals surface area contributed by atoms with Crippen LogP contribution < -0.4 is 15.0 Å². The highest BCUT2D eigenvalue weighted by atomic mass is 19.4. The summed E-state index contributed by atoms with van der Waals surface area (Å²) >= 11 is 0. The molecular formula is C23H19F4N3O3. The number of ether oxygens (including phenoxy) is 1. The van der Waals surface area contributed by atoms with E-state index in [0.717, 1.165) is 17.3 Å². The summed E-state index contributed by atoms with van der Waals surface area (Å²) in [5.41, 5.74) is 0.994. The molecule has 4 rings (SSSR count). The van der Waals surface area contributed by atoms with Gasteiger partial charge in [-0.15, -0.1) is 0 Å². The van der Waals surface area contributed by atoms with E-state index in [9.17, 15) is 27.5 Å². The molecule has 0 aliphatic carbocycles. The molecule has 2 heterocycles. The third kappa shape index (κ3) is 4.90. The van der Waals surface area contributed by atoms with Crippen LogP contribution in [0.3, 0.4) is 0 Å². The molecule has 10 heteroatoms. The molecule has 172 valence electrons. The van der Waals surface area contributed by atoms with Gasteiger partial charge in [0.1, 0.15) is 23.1 Å². The number of aliphatic hydroxyl groups excluding tert-OH is 1. The number of carbonyl (C=O) groups excluding carboxylic acids is 1. The maximum absolute atomic E-state index is 13.7. The summed E-state index contributed by atoms with van der Waals surface area (Å²) in [5, 5.41) is 12.7. The van der Waals surface area contributed by atoms with Gasteiger partial charge < -0.3 is 15.2 Å². The molecule has 0 saturated carbocycles. The third-order valence-electron chi connectivity index (χ3n) is 5.09. The highest BCUT2D eigenvalue weighted by molar-refractivity contribution is 6.07. The lowest BCUT2D eigenvalue weighted by Crippen LogP contribution is -2.34. The highest BCUT2D eigenvalue weighted by Gasteiger charge is 2.32. The number of hydrogen-bond donors (Lipinski definition) is 2. The van der Waals surface area contributed by atoms with Crippen molar-refractivity contribution < 1.29 is 32.2 Å². The van der Waals surface area contributed by atoms with Gasteiger partial charge in [-0.1, -0.05) is 6.07 Å². The second-order valence-electron chi connectivity index (χ2n) is 7.31. The van der Waals surface area contributed by atoms with E-state index in [0.29, 0.717) is 30.7 Å². The number of amides is 1. The average Bonchev–Trinajstić information content (AvgIpc) is 3.25. The van der Waals surface area contributed by atoms with Crippen LogP contribution in [0.2, 0.25) is 0 Å². The van der Waals surface area contributed by atoms with E-state index in [2.05, 4.69) is 10.3 Å². The van der Waals surface area contributed by atoms with Crippen LogP contribution in [-0.2, 0) is 12.6 Å². The average molecular weight is 461 g/mol. The van der Waals surface area contributed by atoms with Gasteiger partial charge in [-0.3, -0.25) is 9.69 Å². The van der Waals surface area contributed by atoms with E-state index in [-0.39, 0.29) is 36.4 Å². The molecule has 1 aliphatic heterocycles. The first-order chi connectivity index (χ1) is 15.8. The number of aromatic nitrogens is 1. The van der Waals surface area contributed by atoms with Gasteiger partial charge in [-0.2, -0.15) is 13.2 Å². The summed E-state index contributed by atoms with van der Waals surface area (Å²) in [5.74, 6) is -1.67. The summed E-state index contributed by atoms with van der Waals surface area (Å²) < 4.78 is 58.1. The number of benzene rings is 2. The van der Waals surface area contributed by atoms with Crippen molar-refractivity contribution >= 4 is 17.4 Å². The molecule has 2 aromatic carbocycles. The Bertz CT molecular complexity index is 1180. The number of alkyl halides is 3. The van der Waals surface area contributed by atoms with Crippen LogP contribution >= 0.6 is 0 Å². The largest absolute Gasteiger partial charge is 0.457 e. The first-order valence-corrected chi connectivity index (χ1v) is 10.1. The standard InChI is InChI=1S/C23H19F4N3O3/c24-15-10-14(23(25,26)27)11-17(12-15)33-16-4-6-29-21(13-16)30(8-9-31)22(32)19-2-1-3-20-18(19)5-7-28-20/h1-4,6,10-13,28,31H,5,7-9H2. The van der Waals surface area contributed by atoms with Crippen molar-refractivity contribution in [2.45, 2.75) is 12.6 Å². The number of rotatable bonds is 6. The zero-order valence-corrected chi connectivity index (χ0v) is 17.2. The number of halogens is 4. The van der Waals surface area contributed by atoms with Gasteiger partial charge in [-0.25, -0.2) is 9.37 Å². The van der Waals surface area contributed by atoms with E-state index >= 15 is 0 Å². The van der Waals surface area contributed by atoms with Crippen molar-refractivity contribution in [1.29, 1.82) is 0 Å². The molecular weight excluding hydrogens is 442 g/mol. The van der Waals surface area contributed by atoms with Gasteiger partial charge in [0.15, 0.2) is 0 Å². The Morgan fingerprint density at radius 2 is 1.97 bits per heavy atom. The van der Waals surface area contributed by atoms with Crippen LogP contribution in [0.1, 0.15) is 21.5 Å². The van der Waals surface area contributed by atoms with Crippen molar-refractivity contribution in [2.75, 3.05) is 29.9 Å². The zero-order chi connectivity index (χ0) is 23.6. The lowest BCUT2D eigenvalue weighted by molar-refractivity contribution is -0.137. The van der Waals surface area contributed by atoms with Crippen LogP contribution in [0.25, 0.3) is 0 Å². The van der Waals surface area contributed by atoms with Crippen LogP contribution in [0.4, 0.5) is 29.1 Å². The molecule has 0 saturated heterocycles. The van der Waals surface area contributed by atoms with Gasteiger partial charge in [0.2, 0.25) is 0 Å². The Kier molecular flexibility index (Phi) is 6.19. The molecule has 0 fully saturated rings. The molecule has 0 bridgehead atoms. The quantitative estimate of drug-likeness (QED) is 0.524. The maximum atomic E-state index is 13.7. The Morgan fingerprint density at radius 1 is 1.15 bits per heavy atom. The minimum absolute atomic E-state index is 0.0504. The van der Waals surface area contributed by atoms with Crippen molar-refractivity contribution in [3.8, 4) is 11.5 Å². The monoisotopic (exact) mass is 461 g/mol. The second-order valence-corrected chi connectivity index (χ2v) is 7.31. The number of anilines is 2. The first-order valence-electron chi connectivity index (χ1n) is 10.1. The molecule has 2 N–H and O–H groups in total. The number of nitrogens with zero attached hydrogens (tertiary/aromatic N) is 2. The molecule has 0 atom stereocenters. The van der Waals surface area contributed by atoms with Gasteiger partial charge in [0.25, 0.3) is 5.91 Å². The Balaban J connectivity index is 1.64. The minimum Gasteiger partial charge on any atom is -0.457 e.